The standard InChI is InChI=1S/C13H11FN4O3/c1-15-13(19)8-5-11(18(20)21)12(16-7-8)17-10-4-2-3-9(14)6-10/h2-7H,1H3,(H,15,19)(H,16,17). The van der Waals surface area contributed by atoms with E-state index in [9.17, 15) is 19.3 Å². The fourth-order valence-electron chi connectivity index (χ4n) is 1.66. The number of rotatable bonds is 4. The smallest absolute Gasteiger partial charge is 0.312 e. The normalized spacial score (nSPS) is 10.0. The minimum absolute atomic E-state index is 0.0639. The van der Waals surface area contributed by atoms with Crippen molar-refractivity contribution in [3.8, 4) is 0 Å². The molecule has 0 atom stereocenters. The molecular formula is C13H11FN4O3. The zero-order valence-corrected chi connectivity index (χ0v) is 11.0. The van der Waals surface area contributed by atoms with Gasteiger partial charge in [-0.3, -0.25) is 14.9 Å². The van der Waals surface area contributed by atoms with Gasteiger partial charge in [0.05, 0.1) is 10.5 Å². The molecule has 0 radical (unpaired) electrons. The first-order valence-corrected chi connectivity index (χ1v) is 5.90. The maximum Gasteiger partial charge on any atom is 0.312 e. The van der Waals surface area contributed by atoms with Gasteiger partial charge in [0.15, 0.2) is 0 Å². The Hall–Kier alpha value is -3.03. The zero-order valence-electron chi connectivity index (χ0n) is 11.0. The van der Waals surface area contributed by atoms with Crippen LogP contribution in [-0.2, 0) is 0 Å². The summed E-state index contributed by atoms with van der Waals surface area (Å²) in [6.07, 6.45) is 1.20. The number of aromatic nitrogens is 1. The fourth-order valence-corrected chi connectivity index (χ4v) is 1.66. The van der Waals surface area contributed by atoms with E-state index in [1.165, 1.54) is 31.4 Å². The molecule has 7 nitrogen and oxygen atoms in total. The number of carbonyl (C=O) groups is 1. The molecule has 1 heterocycles. The van der Waals surface area contributed by atoms with Gasteiger partial charge in [0.1, 0.15) is 5.82 Å². The lowest BCUT2D eigenvalue weighted by Crippen LogP contribution is -2.18. The van der Waals surface area contributed by atoms with Gasteiger partial charge in [-0.25, -0.2) is 9.37 Å². The maximum absolute atomic E-state index is 13.1. The Labute approximate surface area is 119 Å². The first-order chi connectivity index (χ1) is 10.0. The van der Waals surface area contributed by atoms with E-state index >= 15 is 0 Å². The highest BCUT2D eigenvalue weighted by molar-refractivity contribution is 5.94. The van der Waals surface area contributed by atoms with Crippen molar-refractivity contribution in [3.05, 3.63) is 58.0 Å². The van der Waals surface area contributed by atoms with Crippen LogP contribution in [0, 0.1) is 15.9 Å². The van der Waals surface area contributed by atoms with Crippen molar-refractivity contribution in [1.82, 2.24) is 10.3 Å². The van der Waals surface area contributed by atoms with Crippen LogP contribution < -0.4 is 10.6 Å². The summed E-state index contributed by atoms with van der Waals surface area (Å²) in [5, 5.41) is 16.1. The van der Waals surface area contributed by atoms with Crippen LogP contribution in [0.2, 0.25) is 0 Å². The molecule has 8 heteroatoms. The molecular weight excluding hydrogens is 279 g/mol. The number of hydrogen-bond donors (Lipinski definition) is 2. The minimum Gasteiger partial charge on any atom is -0.355 e. The van der Waals surface area contributed by atoms with Crippen molar-refractivity contribution in [2.75, 3.05) is 12.4 Å². The monoisotopic (exact) mass is 290 g/mol. The molecule has 0 aliphatic rings. The van der Waals surface area contributed by atoms with E-state index in [4.69, 9.17) is 0 Å². The number of nitrogens with zero attached hydrogens (tertiary/aromatic N) is 2. The predicted octanol–water partition coefficient (Wildman–Crippen LogP) is 2.23. The lowest BCUT2D eigenvalue weighted by atomic mass is 10.2. The van der Waals surface area contributed by atoms with Gasteiger partial charge in [-0.1, -0.05) is 6.07 Å². The highest BCUT2D eigenvalue weighted by Crippen LogP contribution is 2.26. The number of anilines is 2. The van der Waals surface area contributed by atoms with Gasteiger partial charge in [-0.15, -0.1) is 0 Å². The van der Waals surface area contributed by atoms with Crippen molar-refractivity contribution in [2.45, 2.75) is 0 Å². The molecule has 0 saturated carbocycles. The Bertz CT molecular complexity index is 706. The number of benzene rings is 1. The van der Waals surface area contributed by atoms with E-state index in [1.54, 1.807) is 6.07 Å². The molecule has 108 valence electrons. The Balaban J connectivity index is 2.39. The summed E-state index contributed by atoms with van der Waals surface area (Å²) in [6.45, 7) is 0. The van der Waals surface area contributed by atoms with Crippen LogP contribution in [0.25, 0.3) is 0 Å². The first-order valence-electron chi connectivity index (χ1n) is 5.90. The van der Waals surface area contributed by atoms with Crippen LogP contribution in [0.5, 0.6) is 0 Å². The summed E-state index contributed by atoms with van der Waals surface area (Å²) in [7, 11) is 1.41. The Morgan fingerprint density at radius 2 is 2.14 bits per heavy atom. The molecule has 0 aliphatic carbocycles. The van der Waals surface area contributed by atoms with Gasteiger partial charge in [0, 0.05) is 25.0 Å². The highest BCUT2D eigenvalue weighted by Gasteiger charge is 2.19. The van der Waals surface area contributed by atoms with Crippen LogP contribution in [-0.4, -0.2) is 22.9 Å². The Kier molecular flexibility index (Phi) is 4.07. The summed E-state index contributed by atoms with van der Waals surface area (Å²) < 4.78 is 13.1. The van der Waals surface area contributed by atoms with Gasteiger partial charge in [-0.2, -0.15) is 0 Å². The summed E-state index contributed by atoms with van der Waals surface area (Å²) >= 11 is 0. The topological polar surface area (TPSA) is 97.2 Å². The van der Waals surface area contributed by atoms with E-state index in [0.29, 0.717) is 5.69 Å². The van der Waals surface area contributed by atoms with Crippen molar-refractivity contribution in [2.24, 2.45) is 0 Å². The second-order valence-electron chi connectivity index (χ2n) is 4.06. The fraction of sp³-hybridized carbons (Fsp3) is 0.0769. The molecule has 2 aromatic rings. The molecule has 0 fully saturated rings. The molecule has 2 rings (SSSR count). The highest BCUT2D eigenvalue weighted by atomic mass is 19.1. The second-order valence-corrected chi connectivity index (χ2v) is 4.06. The molecule has 1 aromatic carbocycles. The van der Waals surface area contributed by atoms with E-state index < -0.39 is 16.6 Å². The quantitative estimate of drug-likeness (QED) is 0.664. The Morgan fingerprint density at radius 3 is 2.76 bits per heavy atom. The lowest BCUT2D eigenvalue weighted by Gasteiger charge is -2.07. The van der Waals surface area contributed by atoms with Crippen molar-refractivity contribution >= 4 is 23.1 Å². The number of nitro groups is 1. The largest absolute Gasteiger partial charge is 0.355 e. The van der Waals surface area contributed by atoms with Gasteiger partial charge in [-0.05, 0) is 18.2 Å². The molecule has 21 heavy (non-hydrogen) atoms. The predicted molar refractivity (Wildman–Crippen MR) is 74.0 cm³/mol. The number of nitrogens with one attached hydrogen (secondary N) is 2. The van der Waals surface area contributed by atoms with Gasteiger partial charge >= 0.3 is 5.69 Å². The van der Waals surface area contributed by atoms with Crippen LogP contribution in [0.1, 0.15) is 10.4 Å². The van der Waals surface area contributed by atoms with Crippen molar-refractivity contribution < 1.29 is 14.1 Å². The average molecular weight is 290 g/mol. The summed E-state index contributed by atoms with van der Waals surface area (Å²) in [5.74, 6) is -1.04. The molecule has 0 saturated heterocycles. The minimum atomic E-state index is -0.666. The van der Waals surface area contributed by atoms with Crippen molar-refractivity contribution in [1.29, 1.82) is 0 Å². The third-order valence-corrected chi connectivity index (χ3v) is 2.64. The molecule has 0 unspecified atom stereocenters. The maximum atomic E-state index is 13.1. The van der Waals surface area contributed by atoms with Crippen LogP contribution in [0.4, 0.5) is 21.6 Å². The van der Waals surface area contributed by atoms with Gasteiger partial charge in [0.2, 0.25) is 5.82 Å². The van der Waals surface area contributed by atoms with Crippen LogP contribution in [0.15, 0.2) is 36.5 Å². The lowest BCUT2D eigenvalue weighted by molar-refractivity contribution is -0.384. The number of amides is 1. The van der Waals surface area contributed by atoms with E-state index in [0.717, 1.165) is 6.07 Å². The zero-order chi connectivity index (χ0) is 15.4. The summed E-state index contributed by atoms with van der Waals surface area (Å²) in [6, 6.07) is 6.54. The van der Waals surface area contributed by atoms with Crippen LogP contribution >= 0.6 is 0 Å². The number of halogens is 1. The number of hydrogen-bond acceptors (Lipinski definition) is 5. The van der Waals surface area contributed by atoms with E-state index in [1.807, 2.05) is 0 Å². The second kappa shape index (κ2) is 5.95. The van der Waals surface area contributed by atoms with Gasteiger partial charge < -0.3 is 10.6 Å². The molecule has 0 aliphatic heterocycles. The molecule has 1 amide bonds. The average Bonchev–Trinajstić information content (AvgIpc) is 2.46. The van der Waals surface area contributed by atoms with E-state index in [-0.39, 0.29) is 17.1 Å². The van der Waals surface area contributed by atoms with Crippen LogP contribution in [0.3, 0.4) is 0 Å². The molecule has 2 N–H and O–H groups in total. The molecule has 0 bridgehead atoms. The molecule has 0 spiro atoms. The Morgan fingerprint density at radius 1 is 1.38 bits per heavy atom. The number of pyridine rings is 1. The van der Waals surface area contributed by atoms with Gasteiger partial charge in [0.25, 0.3) is 5.91 Å². The number of carbonyl (C=O) groups excluding carboxylic acids is 1. The molecule has 1 aromatic heterocycles. The third kappa shape index (κ3) is 3.30. The van der Waals surface area contributed by atoms with E-state index in [2.05, 4.69) is 15.6 Å². The third-order valence-electron chi connectivity index (χ3n) is 2.64. The summed E-state index contributed by atoms with van der Waals surface area (Å²) in [4.78, 5) is 25.7. The SMILES string of the molecule is CNC(=O)c1cnc(Nc2cccc(F)c2)c([N+](=O)[O-])c1. The first kappa shape index (κ1) is 14.4. The summed E-state index contributed by atoms with van der Waals surface area (Å²) in [5.41, 5.74) is 0.00708. The van der Waals surface area contributed by atoms with Crippen molar-refractivity contribution in [3.63, 3.8) is 0 Å².